The van der Waals surface area contributed by atoms with Crippen molar-refractivity contribution in [3.05, 3.63) is 72.3 Å². The van der Waals surface area contributed by atoms with Crippen LogP contribution in [-0.2, 0) is 0 Å². The van der Waals surface area contributed by atoms with Crippen molar-refractivity contribution in [1.29, 1.82) is 5.26 Å². The second kappa shape index (κ2) is 8.18. The molecule has 1 aliphatic heterocycles. The van der Waals surface area contributed by atoms with Gasteiger partial charge in [0.15, 0.2) is 5.82 Å². The number of benzene rings is 1. The van der Waals surface area contributed by atoms with Gasteiger partial charge in [-0.1, -0.05) is 12.1 Å². The predicted octanol–water partition coefficient (Wildman–Crippen LogP) is 2.59. The van der Waals surface area contributed by atoms with Gasteiger partial charge in [-0.3, -0.25) is 4.98 Å². The van der Waals surface area contributed by atoms with Gasteiger partial charge in [0.1, 0.15) is 5.82 Å². The van der Waals surface area contributed by atoms with Crippen molar-refractivity contribution in [2.45, 2.75) is 0 Å². The molecule has 0 saturated heterocycles. The Balaban J connectivity index is 1.48. The Morgan fingerprint density at radius 3 is 2.61 bits per heavy atom. The maximum atomic E-state index is 8.88. The summed E-state index contributed by atoms with van der Waals surface area (Å²) < 4.78 is 0. The number of para-hydroxylation sites is 1. The Bertz CT molecular complexity index is 1080. The Hall–Kier alpha value is -3.92. The van der Waals surface area contributed by atoms with Crippen molar-refractivity contribution in [2.24, 2.45) is 0 Å². The largest absolute Gasteiger partial charge is 0.370 e. The third-order valence-corrected chi connectivity index (χ3v) is 4.34. The van der Waals surface area contributed by atoms with Gasteiger partial charge >= 0.3 is 0 Å². The van der Waals surface area contributed by atoms with Crippen molar-refractivity contribution < 1.29 is 0 Å². The number of fused-ring (bicyclic) bond motifs is 1. The molecule has 3 aromatic rings. The Morgan fingerprint density at radius 1 is 1.00 bits per heavy atom. The van der Waals surface area contributed by atoms with Crippen LogP contribution < -0.4 is 16.0 Å². The molecule has 7 nitrogen and oxygen atoms in total. The fourth-order valence-electron chi connectivity index (χ4n) is 2.91. The first-order valence-electron chi connectivity index (χ1n) is 9.03. The minimum absolute atomic E-state index is 0.550. The summed E-state index contributed by atoms with van der Waals surface area (Å²) in [5, 5.41) is 19.8. The van der Waals surface area contributed by atoms with Crippen LogP contribution in [0.15, 0.2) is 72.3 Å². The molecule has 1 aromatic carbocycles. The molecule has 0 fully saturated rings. The number of anilines is 1. The van der Waals surface area contributed by atoms with Gasteiger partial charge in [0, 0.05) is 42.0 Å². The molecule has 0 bridgehead atoms. The molecule has 0 spiro atoms. The van der Waals surface area contributed by atoms with E-state index in [2.05, 4.69) is 32.0 Å². The highest BCUT2D eigenvalue weighted by Gasteiger charge is 2.09. The fraction of sp³-hybridized carbons (Fsp3) is 0.143. The van der Waals surface area contributed by atoms with Crippen LogP contribution in [0, 0.1) is 11.3 Å². The first kappa shape index (κ1) is 17.5. The van der Waals surface area contributed by atoms with E-state index in [0.717, 1.165) is 33.7 Å². The first-order valence-corrected chi connectivity index (χ1v) is 9.03. The highest BCUT2D eigenvalue weighted by Crippen LogP contribution is 2.24. The molecular formula is C21H19N7. The highest BCUT2D eigenvalue weighted by molar-refractivity contribution is 5.90. The molecule has 28 heavy (non-hydrogen) atoms. The van der Waals surface area contributed by atoms with Crippen LogP contribution in [-0.4, -0.2) is 34.6 Å². The lowest BCUT2D eigenvalue weighted by atomic mass is 10.2. The van der Waals surface area contributed by atoms with Gasteiger partial charge in [-0.05, 0) is 36.4 Å². The summed E-state index contributed by atoms with van der Waals surface area (Å²) in [5.74, 6) is 2.38. The zero-order valence-corrected chi connectivity index (χ0v) is 15.2. The summed E-state index contributed by atoms with van der Waals surface area (Å²) in [6.07, 6.45) is 7.18. The lowest BCUT2D eigenvalue weighted by Crippen LogP contribution is -2.32. The summed E-state index contributed by atoms with van der Waals surface area (Å²) >= 11 is 0. The molecule has 0 amide bonds. The van der Waals surface area contributed by atoms with E-state index >= 15 is 0 Å². The molecule has 3 heterocycles. The van der Waals surface area contributed by atoms with Gasteiger partial charge in [-0.2, -0.15) is 5.26 Å². The molecule has 7 heteroatoms. The van der Waals surface area contributed by atoms with Gasteiger partial charge in [0.2, 0.25) is 0 Å². The van der Waals surface area contributed by atoms with Crippen LogP contribution in [0.2, 0.25) is 0 Å². The first-order chi connectivity index (χ1) is 13.8. The monoisotopic (exact) mass is 369 g/mol. The molecule has 4 rings (SSSR count). The maximum absolute atomic E-state index is 8.88. The number of nitrogens with zero attached hydrogens (tertiary/aromatic N) is 4. The lowest BCUT2D eigenvalue weighted by molar-refractivity contribution is 0.711. The number of dihydropyridines is 1. The molecular weight excluding hydrogens is 350 g/mol. The molecule has 0 radical (unpaired) electrons. The Labute approximate surface area is 162 Å². The zero-order chi connectivity index (χ0) is 19.2. The number of hydrogen-bond donors (Lipinski definition) is 3. The molecule has 3 N–H and O–H groups in total. The Morgan fingerprint density at radius 2 is 1.82 bits per heavy atom. The van der Waals surface area contributed by atoms with Gasteiger partial charge in [0.25, 0.3) is 0 Å². The van der Waals surface area contributed by atoms with Crippen molar-refractivity contribution in [1.82, 2.24) is 25.6 Å². The number of hydrogen-bond acceptors (Lipinski definition) is 7. The van der Waals surface area contributed by atoms with Crippen molar-refractivity contribution in [3.8, 4) is 17.5 Å². The summed E-state index contributed by atoms with van der Waals surface area (Å²) in [6, 6.07) is 13.9. The number of allylic oxidation sites excluding steroid dienone is 2. The predicted molar refractivity (Wildman–Crippen MR) is 109 cm³/mol. The highest BCUT2D eigenvalue weighted by atomic mass is 15.1. The standard InChI is InChI=1S/C21H19N7/c22-13-15-5-6-19(26-14-15)24-11-12-25-21-17-3-1-2-4-18(17)27-20(28-21)16-7-9-23-10-8-16/h1-10,24,26H,11-12,14H2,(H,25,27,28). The topological polar surface area (TPSA) is 98.5 Å². The SMILES string of the molecule is N#CC1=CC=C(NCCNc2nc(-c3ccncc3)nc3ccccc23)NC1. The number of aromatic nitrogens is 3. The summed E-state index contributed by atoms with van der Waals surface area (Å²) in [6.45, 7) is 1.94. The van der Waals surface area contributed by atoms with Gasteiger partial charge in [-0.25, -0.2) is 9.97 Å². The van der Waals surface area contributed by atoms with Crippen LogP contribution in [0.1, 0.15) is 0 Å². The minimum atomic E-state index is 0.550. The molecule has 2 aromatic heterocycles. The van der Waals surface area contributed by atoms with Gasteiger partial charge < -0.3 is 16.0 Å². The summed E-state index contributed by atoms with van der Waals surface area (Å²) in [4.78, 5) is 13.5. The smallest absolute Gasteiger partial charge is 0.162 e. The number of pyridine rings is 1. The van der Waals surface area contributed by atoms with E-state index in [-0.39, 0.29) is 0 Å². The third kappa shape index (κ3) is 3.91. The van der Waals surface area contributed by atoms with E-state index < -0.39 is 0 Å². The van der Waals surface area contributed by atoms with Crippen LogP contribution in [0.4, 0.5) is 5.82 Å². The maximum Gasteiger partial charge on any atom is 0.162 e. The average Bonchev–Trinajstić information content (AvgIpc) is 2.77. The summed E-state index contributed by atoms with van der Waals surface area (Å²) in [5.41, 5.74) is 2.55. The van der Waals surface area contributed by atoms with Crippen LogP contribution in [0.5, 0.6) is 0 Å². The third-order valence-electron chi connectivity index (χ3n) is 4.34. The molecule has 0 aliphatic carbocycles. The van der Waals surface area contributed by atoms with Crippen LogP contribution >= 0.6 is 0 Å². The lowest BCUT2D eigenvalue weighted by Gasteiger charge is -2.16. The molecule has 0 unspecified atom stereocenters. The van der Waals surface area contributed by atoms with Crippen molar-refractivity contribution >= 4 is 16.7 Å². The second-order valence-electron chi connectivity index (χ2n) is 6.24. The minimum Gasteiger partial charge on any atom is -0.370 e. The number of rotatable bonds is 6. The van der Waals surface area contributed by atoms with E-state index in [0.29, 0.717) is 25.5 Å². The van der Waals surface area contributed by atoms with Crippen LogP contribution in [0.25, 0.3) is 22.3 Å². The van der Waals surface area contributed by atoms with Crippen molar-refractivity contribution in [2.75, 3.05) is 25.0 Å². The molecule has 1 aliphatic rings. The van der Waals surface area contributed by atoms with Gasteiger partial charge in [-0.15, -0.1) is 0 Å². The zero-order valence-electron chi connectivity index (χ0n) is 15.2. The summed E-state index contributed by atoms with van der Waals surface area (Å²) in [7, 11) is 0. The van der Waals surface area contributed by atoms with E-state index in [9.17, 15) is 0 Å². The Kier molecular flexibility index (Phi) is 5.11. The van der Waals surface area contributed by atoms with E-state index in [1.54, 1.807) is 12.4 Å². The quantitative estimate of drug-likeness (QED) is 0.574. The normalized spacial score (nSPS) is 13.1. The number of nitrogens with one attached hydrogen (secondary N) is 3. The van der Waals surface area contributed by atoms with E-state index in [1.165, 1.54) is 0 Å². The van der Waals surface area contributed by atoms with Gasteiger partial charge in [0.05, 0.1) is 24.0 Å². The average molecular weight is 369 g/mol. The number of nitriles is 1. The fourth-order valence-corrected chi connectivity index (χ4v) is 2.91. The van der Waals surface area contributed by atoms with E-state index in [1.807, 2.05) is 48.6 Å². The molecule has 138 valence electrons. The van der Waals surface area contributed by atoms with Crippen LogP contribution in [0.3, 0.4) is 0 Å². The van der Waals surface area contributed by atoms with E-state index in [4.69, 9.17) is 10.2 Å². The van der Waals surface area contributed by atoms with Crippen molar-refractivity contribution in [3.63, 3.8) is 0 Å². The second-order valence-corrected chi connectivity index (χ2v) is 6.24. The molecule has 0 atom stereocenters. The molecule has 0 saturated carbocycles.